The maximum absolute atomic E-state index is 4.89. The van der Waals surface area contributed by atoms with Gasteiger partial charge >= 0.3 is 0 Å². The Kier molecular flexibility index (Phi) is 1.16. The average Bonchev–Trinajstić information content (AvgIpc) is 2.14. The first kappa shape index (κ1) is 4.44. The molecule has 1 heteroatoms. The van der Waals surface area contributed by atoms with Crippen LogP contribution in [0.3, 0.4) is 0 Å². The predicted molar refractivity (Wildman–Crippen MR) is 28.8 cm³/mol. The Bertz CT molecular complexity index is 111. The van der Waals surface area contributed by atoms with Crippen LogP contribution >= 0.6 is 0 Å². The summed E-state index contributed by atoms with van der Waals surface area (Å²) in [6.07, 6.45) is 7.11. The van der Waals surface area contributed by atoms with E-state index in [0.717, 1.165) is 12.2 Å². The van der Waals surface area contributed by atoms with Crippen molar-refractivity contribution in [3.8, 4) is 0 Å². The van der Waals surface area contributed by atoms with Gasteiger partial charge < -0.3 is 4.74 Å². The highest BCUT2D eigenvalue weighted by atomic mass is 16.5. The molecule has 0 atom stereocenters. The molecule has 0 unspecified atom stereocenters. The van der Waals surface area contributed by atoms with Gasteiger partial charge in [0.25, 0.3) is 0 Å². The van der Waals surface area contributed by atoms with Gasteiger partial charge in [0.1, 0.15) is 5.76 Å². The van der Waals surface area contributed by atoms with Crippen LogP contribution in [-0.2, 0) is 4.74 Å². The molecule has 7 heavy (non-hydrogen) atoms. The Labute approximate surface area is 43.3 Å². The number of allylic oxidation sites excluding steroid dienone is 3. The highest BCUT2D eigenvalue weighted by molar-refractivity contribution is 5.19. The zero-order valence-electron chi connectivity index (χ0n) is 4.35. The molecule has 0 fully saturated rings. The summed E-state index contributed by atoms with van der Waals surface area (Å²) in [5, 5.41) is 0. The van der Waals surface area contributed by atoms with Gasteiger partial charge in [0, 0.05) is 0 Å². The summed E-state index contributed by atoms with van der Waals surface area (Å²) in [7, 11) is 1.68. The molecule has 1 nitrogen and oxygen atoms in total. The molecule has 0 amide bonds. The topological polar surface area (TPSA) is 9.23 Å². The van der Waals surface area contributed by atoms with Gasteiger partial charge in [-0.15, -0.1) is 0 Å². The molecule has 0 radical (unpaired) electrons. The fourth-order valence-electron chi connectivity index (χ4n) is 0.588. The van der Waals surface area contributed by atoms with E-state index in [1.165, 1.54) is 0 Å². The summed E-state index contributed by atoms with van der Waals surface area (Å²) in [6, 6.07) is 0. The van der Waals surface area contributed by atoms with E-state index < -0.39 is 0 Å². The first-order valence-corrected chi connectivity index (χ1v) is 2.34. The van der Waals surface area contributed by atoms with E-state index in [9.17, 15) is 0 Å². The summed E-state index contributed by atoms with van der Waals surface area (Å²) in [5.74, 6) is 0.986. The minimum Gasteiger partial charge on any atom is -0.497 e. The third kappa shape index (κ3) is 0.829. The van der Waals surface area contributed by atoms with E-state index in [1.54, 1.807) is 7.11 Å². The summed E-state index contributed by atoms with van der Waals surface area (Å²) >= 11 is 0. The Morgan fingerprint density at radius 2 is 2.57 bits per heavy atom. The van der Waals surface area contributed by atoms with Crippen LogP contribution < -0.4 is 0 Å². The Morgan fingerprint density at radius 1 is 1.71 bits per heavy atom. The van der Waals surface area contributed by atoms with E-state index in [0.29, 0.717) is 0 Å². The molecule has 0 saturated heterocycles. The normalized spacial score (nSPS) is 17.0. The Morgan fingerprint density at radius 3 is 2.86 bits per heavy atom. The van der Waals surface area contributed by atoms with Crippen LogP contribution in [0, 0.1) is 0 Å². The summed E-state index contributed by atoms with van der Waals surface area (Å²) in [5.41, 5.74) is 0. The molecule has 1 rings (SSSR count). The Balaban J connectivity index is 2.52. The van der Waals surface area contributed by atoms with Crippen LogP contribution in [0.15, 0.2) is 24.0 Å². The second-order valence-corrected chi connectivity index (χ2v) is 1.45. The lowest BCUT2D eigenvalue weighted by Crippen LogP contribution is -1.74. The van der Waals surface area contributed by atoms with Gasteiger partial charge in [-0.1, -0.05) is 6.08 Å². The number of hydrogen-bond donors (Lipinski definition) is 0. The second kappa shape index (κ2) is 1.82. The second-order valence-electron chi connectivity index (χ2n) is 1.45. The number of ether oxygens (including phenoxy) is 1. The van der Waals surface area contributed by atoms with Gasteiger partial charge in [0.15, 0.2) is 0 Å². The molecule has 0 N–H and O–H groups in total. The lowest BCUT2D eigenvalue weighted by atomic mass is 10.5. The van der Waals surface area contributed by atoms with Gasteiger partial charge in [-0.05, 0) is 18.6 Å². The molecule has 0 heterocycles. The van der Waals surface area contributed by atoms with E-state index >= 15 is 0 Å². The molecule has 0 aromatic carbocycles. The number of hydrogen-bond acceptors (Lipinski definition) is 1. The van der Waals surface area contributed by atoms with Crippen molar-refractivity contribution >= 4 is 0 Å². The fraction of sp³-hybridized carbons (Fsp3) is 0.333. The summed E-state index contributed by atoms with van der Waals surface area (Å²) < 4.78 is 4.89. The molecule has 0 aromatic heterocycles. The van der Waals surface area contributed by atoms with Crippen LogP contribution in [0.4, 0.5) is 0 Å². The summed E-state index contributed by atoms with van der Waals surface area (Å²) in [4.78, 5) is 0. The minimum absolute atomic E-state index is 0.986. The van der Waals surface area contributed by atoms with Gasteiger partial charge in [-0.2, -0.15) is 0 Å². The third-order valence-corrected chi connectivity index (χ3v) is 0.973. The highest BCUT2D eigenvalue weighted by Crippen LogP contribution is 2.07. The molecule has 0 bridgehead atoms. The van der Waals surface area contributed by atoms with Crippen molar-refractivity contribution in [1.82, 2.24) is 0 Å². The maximum Gasteiger partial charge on any atom is 0.114 e. The standard InChI is InChI=1S/C6H8O/c1-7-6-4-2-3-5-6/h2,4-5H,3H2,1H3. The molecule has 0 aliphatic heterocycles. The van der Waals surface area contributed by atoms with Crippen molar-refractivity contribution in [2.75, 3.05) is 7.11 Å². The molecule has 0 saturated carbocycles. The van der Waals surface area contributed by atoms with E-state index in [1.807, 2.05) is 12.2 Å². The SMILES string of the molecule is COC1=CCC=C1. The minimum atomic E-state index is 0.986. The van der Waals surface area contributed by atoms with Crippen molar-refractivity contribution in [3.63, 3.8) is 0 Å². The number of methoxy groups -OCH3 is 1. The predicted octanol–water partition coefficient (Wildman–Crippen LogP) is 1.48. The highest BCUT2D eigenvalue weighted by Gasteiger charge is 1.91. The van der Waals surface area contributed by atoms with Crippen molar-refractivity contribution < 1.29 is 4.74 Å². The molecule has 0 aromatic rings. The first-order valence-electron chi connectivity index (χ1n) is 2.34. The largest absolute Gasteiger partial charge is 0.497 e. The zero-order valence-corrected chi connectivity index (χ0v) is 4.35. The lowest BCUT2D eigenvalue weighted by molar-refractivity contribution is 0.307. The lowest BCUT2D eigenvalue weighted by Gasteiger charge is -1.91. The zero-order chi connectivity index (χ0) is 5.11. The Hall–Kier alpha value is -0.720. The van der Waals surface area contributed by atoms with E-state index in [4.69, 9.17) is 4.74 Å². The van der Waals surface area contributed by atoms with Gasteiger partial charge in [-0.25, -0.2) is 0 Å². The molecular formula is C6H8O. The van der Waals surface area contributed by atoms with Crippen LogP contribution in [0.25, 0.3) is 0 Å². The van der Waals surface area contributed by atoms with E-state index in [2.05, 4.69) is 6.08 Å². The van der Waals surface area contributed by atoms with Crippen molar-refractivity contribution in [2.24, 2.45) is 0 Å². The molecule has 0 spiro atoms. The van der Waals surface area contributed by atoms with Crippen LogP contribution in [0.2, 0.25) is 0 Å². The quantitative estimate of drug-likeness (QED) is 0.480. The van der Waals surface area contributed by atoms with Crippen LogP contribution in [-0.4, -0.2) is 7.11 Å². The van der Waals surface area contributed by atoms with Gasteiger partial charge in [-0.3, -0.25) is 0 Å². The molecule has 38 valence electrons. The molecular weight excluding hydrogens is 88.1 g/mol. The smallest absolute Gasteiger partial charge is 0.114 e. The summed E-state index contributed by atoms with van der Waals surface area (Å²) in [6.45, 7) is 0. The van der Waals surface area contributed by atoms with Gasteiger partial charge in [0.05, 0.1) is 7.11 Å². The van der Waals surface area contributed by atoms with Crippen molar-refractivity contribution in [1.29, 1.82) is 0 Å². The molecule has 1 aliphatic rings. The van der Waals surface area contributed by atoms with Crippen LogP contribution in [0.1, 0.15) is 6.42 Å². The maximum atomic E-state index is 4.89. The average molecular weight is 96.1 g/mol. The van der Waals surface area contributed by atoms with Crippen LogP contribution in [0.5, 0.6) is 0 Å². The van der Waals surface area contributed by atoms with E-state index in [-0.39, 0.29) is 0 Å². The monoisotopic (exact) mass is 96.1 g/mol. The number of rotatable bonds is 1. The third-order valence-electron chi connectivity index (χ3n) is 0.973. The molecule has 1 aliphatic carbocycles. The first-order chi connectivity index (χ1) is 3.43. The van der Waals surface area contributed by atoms with Crippen molar-refractivity contribution in [2.45, 2.75) is 6.42 Å². The van der Waals surface area contributed by atoms with Gasteiger partial charge in [0.2, 0.25) is 0 Å². The van der Waals surface area contributed by atoms with Crippen molar-refractivity contribution in [3.05, 3.63) is 24.0 Å². The fourth-order valence-corrected chi connectivity index (χ4v) is 0.588.